The standard InChI is InChI=1S/C14H14N2/c1-2-6-14(16-15)13-10-5-8-11-7-3-4-9-12(11)13/h1,3-5,7-10,14,16H,6,15H2. The van der Waals surface area contributed by atoms with E-state index in [4.69, 9.17) is 12.3 Å². The first kappa shape index (κ1) is 10.7. The molecule has 2 heteroatoms. The van der Waals surface area contributed by atoms with Crippen LogP contribution in [0.3, 0.4) is 0 Å². The number of hydrogen-bond donors (Lipinski definition) is 2. The van der Waals surface area contributed by atoms with Crippen LogP contribution in [0.5, 0.6) is 0 Å². The summed E-state index contributed by atoms with van der Waals surface area (Å²) in [7, 11) is 0. The molecule has 0 saturated carbocycles. The molecule has 2 nitrogen and oxygen atoms in total. The van der Waals surface area contributed by atoms with E-state index < -0.39 is 0 Å². The lowest BCUT2D eigenvalue weighted by molar-refractivity contribution is 0.572. The summed E-state index contributed by atoms with van der Waals surface area (Å²) in [6.07, 6.45) is 5.93. The Morgan fingerprint density at radius 3 is 2.69 bits per heavy atom. The first-order chi connectivity index (χ1) is 7.86. The van der Waals surface area contributed by atoms with Gasteiger partial charge < -0.3 is 0 Å². The number of hydrogen-bond acceptors (Lipinski definition) is 2. The maximum absolute atomic E-state index is 5.54. The molecule has 16 heavy (non-hydrogen) atoms. The van der Waals surface area contributed by atoms with E-state index in [-0.39, 0.29) is 6.04 Å². The minimum atomic E-state index is 0.0103. The van der Waals surface area contributed by atoms with Crippen LogP contribution in [0.25, 0.3) is 10.8 Å². The van der Waals surface area contributed by atoms with Gasteiger partial charge in [-0.3, -0.25) is 11.3 Å². The zero-order valence-electron chi connectivity index (χ0n) is 8.98. The lowest BCUT2D eigenvalue weighted by Crippen LogP contribution is -2.27. The monoisotopic (exact) mass is 210 g/mol. The third-order valence-corrected chi connectivity index (χ3v) is 2.72. The van der Waals surface area contributed by atoms with E-state index in [2.05, 4.69) is 35.6 Å². The number of rotatable bonds is 3. The maximum atomic E-state index is 5.54. The van der Waals surface area contributed by atoms with Crippen molar-refractivity contribution < 1.29 is 0 Å². The second-order valence-corrected chi connectivity index (χ2v) is 3.70. The van der Waals surface area contributed by atoms with Crippen molar-refractivity contribution in [1.82, 2.24) is 5.43 Å². The number of terminal acetylenes is 1. The fourth-order valence-corrected chi connectivity index (χ4v) is 1.93. The zero-order chi connectivity index (χ0) is 11.4. The van der Waals surface area contributed by atoms with Gasteiger partial charge in [-0.1, -0.05) is 42.5 Å². The third kappa shape index (κ3) is 1.92. The van der Waals surface area contributed by atoms with E-state index in [1.165, 1.54) is 10.8 Å². The van der Waals surface area contributed by atoms with Crippen LogP contribution in [0.1, 0.15) is 18.0 Å². The molecule has 2 rings (SSSR count). The Morgan fingerprint density at radius 1 is 1.19 bits per heavy atom. The van der Waals surface area contributed by atoms with Gasteiger partial charge in [-0.05, 0) is 16.3 Å². The van der Waals surface area contributed by atoms with Crippen molar-refractivity contribution in [1.29, 1.82) is 0 Å². The van der Waals surface area contributed by atoms with E-state index in [0.29, 0.717) is 6.42 Å². The van der Waals surface area contributed by atoms with Gasteiger partial charge in [0.25, 0.3) is 0 Å². The van der Waals surface area contributed by atoms with Crippen LogP contribution < -0.4 is 11.3 Å². The van der Waals surface area contributed by atoms with E-state index in [0.717, 1.165) is 5.56 Å². The summed E-state index contributed by atoms with van der Waals surface area (Å²) in [6.45, 7) is 0. The second kappa shape index (κ2) is 4.80. The SMILES string of the molecule is C#CCC(NN)c1cccc2ccccc12. The maximum Gasteiger partial charge on any atom is 0.0575 e. The van der Waals surface area contributed by atoms with Crippen LogP contribution >= 0.6 is 0 Å². The molecule has 0 aromatic heterocycles. The van der Waals surface area contributed by atoms with Crippen molar-refractivity contribution >= 4 is 10.8 Å². The largest absolute Gasteiger partial charge is 0.271 e. The van der Waals surface area contributed by atoms with E-state index >= 15 is 0 Å². The molecule has 3 N–H and O–H groups in total. The lowest BCUT2D eigenvalue weighted by Gasteiger charge is -2.15. The molecule has 1 atom stereocenters. The average molecular weight is 210 g/mol. The lowest BCUT2D eigenvalue weighted by atomic mass is 9.97. The molecule has 2 aromatic carbocycles. The molecule has 0 aliphatic carbocycles. The first-order valence-corrected chi connectivity index (χ1v) is 5.24. The molecule has 0 fully saturated rings. The molecule has 80 valence electrons. The predicted molar refractivity (Wildman–Crippen MR) is 67.5 cm³/mol. The predicted octanol–water partition coefficient (Wildman–Crippen LogP) is 2.37. The Hall–Kier alpha value is -1.82. The topological polar surface area (TPSA) is 38.0 Å². The first-order valence-electron chi connectivity index (χ1n) is 5.24. The minimum Gasteiger partial charge on any atom is -0.271 e. The number of nitrogens with two attached hydrogens (primary N) is 1. The molecule has 0 amide bonds. The highest BCUT2D eigenvalue weighted by Crippen LogP contribution is 2.25. The van der Waals surface area contributed by atoms with Crippen molar-refractivity contribution in [2.75, 3.05) is 0 Å². The van der Waals surface area contributed by atoms with Crippen molar-refractivity contribution in [2.24, 2.45) is 5.84 Å². The number of hydrazine groups is 1. The summed E-state index contributed by atoms with van der Waals surface area (Å²) in [5.41, 5.74) is 3.92. The van der Waals surface area contributed by atoms with Gasteiger partial charge >= 0.3 is 0 Å². The van der Waals surface area contributed by atoms with Gasteiger partial charge in [0.1, 0.15) is 0 Å². The van der Waals surface area contributed by atoms with Crippen LogP contribution in [-0.2, 0) is 0 Å². The fraction of sp³-hybridized carbons (Fsp3) is 0.143. The summed E-state index contributed by atoms with van der Waals surface area (Å²) < 4.78 is 0. The number of fused-ring (bicyclic) bond motifs is 1. The Balaban J connectivity index is 2.55. The normalized spacial score (nSPS) is 12.2. The van der Waals surface area contributed by atoms with Gasteiger partial charge in [-0.25, -0.2) is 0 Å². The summed E-state index contributed by atoms with van der Waals surface area (Å²) in [4.78, 5) is 0. The minimum absolute atomic E-state index is 0.0103. The smallest absolute Gasteiger partial charge is 0.0575 e. The van der Waals surface area contributed by atoms with E-state index in [1.807, 2.05) is 18.2 Å². The second-order valence-electron chi connectivity index (χ2n) is 3.70. The molecular weight excluding hydrogens is 196 g/mol. The Kier molecular flexibility index (Phi) is 3.21. The average Bonchev–Trinajstić information content (AvgIpc) is 2.35. The zero-order valence-corrected chi connectivity index (χ0v) is 8.98. The van der Waals surface area contributed by atoms with Gasteiger partial charge in [0.05, 0.1) is 6.04 Å². The summed E-state index contributed by atoms with van der Waals surface area (Å²) in [6, 6.07) is 14.4. The molecule has 1 unspecified atom stereocenters. The Labute approximate surface area is 95.4 Å². The van der Waals surface area contributed by atoms with Gasteiger partial charge in [0.15, 0.2) is 0 Å². The van der Waals surface area contributed by atoms with E-state index in [1.54, 1.807) is 0 Å². The van der Waals surface area contributed by atoms with Crippen LogP contribution in [0.4, 0.5) is 0 Å². The van der Waals surface area contributed by atoms with Gasteiger partial charge in [-0.2, -0.15) is 0 Å². The van der Waals surface area contributed by atoms with Crippen LogP contribution in [0, 0.1) is 12.3 Å². The molecule has 2 aromatic rings. The van der Waals surface area contributed by atoms with Gasteiger partial charge in [-0.15, -0.1) is 12.3 Å². The molecule has 0 aliphatic heterocycles. The fourth-order valence-electron chi connectivity index (χ4n) is 1.93. The van der Waals surface area contributed by atoms with Crippen molar-refractivity contribution in [3.63, 3.8) is 0 Å². The highest BCUT2D eigenvalue weighted by atomic mass is 15.2. The van der Waals surface area contributed by atoms with E-state index in [9.17, 15) is 0 Å². The Morgan fingerprint density at radius 2 is 1.94 bits per heavy atom. The van der Waals surface area contributed by atoms with Crippen molar-refractivity contribution in [3.8, 4) is 12.3 Å². The van der Waals surface area contributed by atoms with Gasteiger partial charge in [0, 0.05) is 6.42 Å². The van der Waals surface area contributed by atoms with Crippen molar-refractivity contribution in [2.45, 2.75) is 12.5 Å². The molecule has 0 aliphatic rings. The molecule has 0 bridgehead atoms. The van der Waals surface area contributed by atoms with Gasteiger partial charge in [0.2, 0.25) is 0 Å². The number of benzene rings is 2. The molecule has 0 spiro atoms. The van der Waals surface area contributed by atoms with Crippen molar-refractivity contribution in [3.05, 3.63) is 48.0 Å². The van der Waals surface area contributed by atoms with Crippen LogP contribution in [-0.4, -0.2) is 0 Å². The van der Waals surface area contributed by atoms with Crippen LogP contribution in [0.2, 0.25) is 0 Å². The Bertz CT molecular complexity index is 520. The molecule has 0 radical (unpaired) electrons. The summed E-state index contributed by atoms with van der Waals surface area (Å²) >= 11 is 0. The third-order valence-electron chi connectivity index (χ3n) is 2.72. The highest BCUT2D eigenvalue weighted by Gasteiger charge is 2.10. The number of nitrogens with one attached hydrogen (secondary N) is 1. The summed E-state index contributed by atoms with van der Waals surface area (Å²) in [5, 5.41) is 2.40. The molecular formula is C14H14N2. The molecule has 0 heterocycles. The quantitative estimate of drug-likeness (QED) is 0.463. The molecule has 0 saturated heterocycles. The van der Waals surface area contributed by atoms with Crippen LogP contribution in [0.15, 0.2) is 42.5 Å². The summed E-state index contributed by atoms with van der Waals surface area (Å²) in [5.74, 6) is 8.18. The highest BCUT2D eigenvalue weighted by molar-refractivity contribution is 5.86.